The number of aromatic amines is 1. The summed E-state index contributed by atoms with van der Waals surface area (Å²) in [5, 5.41) is 12.3. The highest BCUT2D eigenvalue weighted by molar-refractivity contribution is 6.05. The molecule has 0 radical (unpaired) electrons. The molecule has 0 aliphatic carbocycles. The molecule has 0 bridgehead atoms. The molecule has 3 N–H and O–H groups in total. The molecule has 0 aliphatic rings. The van der Waals surface area contributed by atoms with E-state index in [-0.39, 0.29) is 11.8 Å². The Bertz CT molecular complexity index is 624. The van der Waals surface area contributed by atoms with Gasteiger partial charge in [0.2, 0.25) is 5.91 Å². The number of rotatable bonds is 3. The van der Waals surface area contributed by atoms with Crippen LogP contribution in [0.2, 0.25) is 0 Å². The standard InChI is InChI=1S/C14H16N4O2/c1-8-13(9(2)18-17-8)16-14(20)11-4-6-12(7-5-11)15-10(3)19/h4-7H,1-3H3,(H,15,19)(H,16,20)(H,17,18). The zero-order valence-corrected chi connectivity index (χ0v) is 11.6. The molecule has 1 aromatic carbocycles. The fourth-order valence-corrected chi connectivity index (χ4v) is 1.83. The van der Waals surface area contributed by atoms with Gasteiger partial charge in [0.05, 0.1) is 17.1 Å². The van der Waals surface area contributed by atoms with Crippen LogP contribution in [-0.2, 0) is 4.79 Å². The first kappa shape index (κ1) is 13.8. The maximum Gasteiger partial charge on any atom is 0.255 e. The number of carbonyl (C=O) groups is 2. The number of H-pyrrole nitrogens is 1. The summed E-state index contributed by atoms with van der Waals surface area (Å²) in [5.41, 5.74) is 3.42. The van der Waals surface area contributed by atoms with Crippen molar-refractivity contribution in [1.82, 2.24) is 10.2 Å². The summed E-state index contributed by atoms with van der Waals surface area (Å²) in [5.74, 6) is -0.362. The molecule has 0 saturated carbocycles. The number of hydrogen-bond donors (Lipinski definition) is 3. The van der Waals surface area contributed by atoms with Crippen molar-refractivity contribution >= 4 is 23.2 Å². The lowest BCUT2D eigenvalue weighted by Crippen LogP contribution is -2.13. The Morgan fingerprint density at radius 1 is 1.10 bits per heavy atom. The Hall–Kier alpha value is -2.63. The highest BCUT2D eigenvalue weighted by atomic mass is 16.2. The van der Waals surface area contributed by atoms with Crippen molar-refractivity contribution in [2.24, 2.45) is 0 Å². The average molecular weight is 272 g/mol. The fourth-order valence-electron chi connectivity index (χ4n) is 1.83. The second kappa shape index (κ2) is 5.56. The minimum Gasteiger partial charge on any atom is -0.326 e. The van der Waals surface area contributed by atoms with Crippen molar-refractivity contribution in [2.45, 2.75) is 20.8 Å². The summed E-state index contributed by atoms with van der Waals surface area (Å²) in [4.78, 5) is 23.0. The van der Waals surface area contributed by atoms with E-state index in [1.165, 1.54) is 6.92 Å². The Morgan fingerprint density at radius 2 is 1.75 bits per heavy atom. The lowest BCUT2D eigenvalue weighted by Gasteiger charge is -2.06. The zero-order valence-electron chi connectivity index (χ0n) is 11.6. The van der Waals surface area contributed by atoms with E-state index >= 15 is 0 Å². The smallest absolute Gasteiger partial charge is 0.255 e. The highest BCUT2D eigenvalue weighted by Gasteiger charge is 2.11. The maximum absolute atomic E-state index is 12.1. The normalized spacial score (nSPS) is 10.2. The molecule has 0 spiro atoms. The minimum absolute atomic E-state index is 0.146. The third-order valence-corrected chi connectivity index (χ3v) is 2.83. The van der Waals surface area contributed by atoms with E-state index in [2.05, 4.69) is 20.8 Å². The first-order valence-corrected chi connectivity index (χ1v) is 6.18. The van der Waals surface area contributed by atoms with Gasteiger partial charge in [-0.3, -0.25) is 14.7 Å². The minimum atomic E-state index is -0.216. The van der Waals surface area contributed by atoms with E-state index in [1.807, 2.05) is 13.8 Å². The van der Waals surface area contributed by atoms with Crippen LogP contribution in [0.1, 0.15) is 28.7 Å². The van der Waals surface area contributed by atoms with E-state index in [0.717, 1.165) is 11.4 Å². The average Bonchev–Trinajstić information content (AvgIpc) is 2.70. The van der Waals surface area contributed by atoms with Crippen LogP contribution in [0.4, 0.5) is 11.4 Å². The van der Waals surface area contributed by atoms with Crippen LogP contribution in [0.5, 0.6) is 0 Å². The first-order chi connectivity index (χ1) is 9.47. The lowest BCUT2D eigenvalue weighted by atomic mass is 10.2. The van der Waals surface area contributed by atoms with Gasteiger partial charge in [0.15, 0.2) is 0 Å². The third kappa shape index (κ3) is 3.03. The van der Waals surface area contributed by atoms with Crippen molar-refractivity contribution < 1.29 is 9.59 Å². The second-order valence-electron chi connectivity index (χ2n) is 4.52. The van der Waals surface area contributed by atoms with Gasteiger partial charge in [-0.25, -0.2) is 0 Å². The molecule has 2 aromatic rings. The summed E-state index contributed by atoms with van der Waals surface area (Å²) in [6.45, 7) is 5.10. The van der Waals surface area contributed by atoms with Crippen molar-refractivity contribution in [1.29, 1.82) is 0 Å². The molecule has 0 atom stereocenters. The van der Waals surface area contributed by atoms with Crippen LogP contribution in [-0.4, -0.2) is 22.0 Å². The monoisotopic (exact) mass is 272 g/mol. The predicted molar refractivity (Wildman–Crippen MR) is 76.8 cm³/mol. The van der Waals surface area contributed by atoms with E-state index < -0.39 is 0 Å². The quantitative estimate of drug-likeness (QED) is 0.800. The highest BCUT2D eigenvalue weighted by Crippen LogP contribution is 2.18. The van der Waals surface area contributed by atoms with Crippen LogP contribution >= 0.6 is 0 Å². The van der Waals surface area contributed by atoms with Crippen LogP contribution in [0, 0.1) is 13.8 Å². The molecule has 6 nitrogen and oxygen atoms in total. The summed E-state index contributed by atoms with van der Waals surface area (Å²) in [7, 11) is 0. The van der Waals surface area contributed by atoms with E-state index in [0.29, 0.717) is 16.9 Å². The number of hydrogen-bond acceptors (Lipinski definition) is 3. The molecule has 1 aromatic heterocycles. The number of carbonyl (C=O) groups excluding carboxylic acids is 2. The van der Waals surface area contributed by atoms with Crippen LogP contribution in [0.3, 0.4) is 0 Å². The van der Waals surface area contributed by atoms with Crippen LogP contribution in [0.15, 0.2) is 24.3 Å². The van der Waals surface area contributed by atoms with E-state index in [1.54, 1.807) is 24.3 Å². The van der Waals surface area contributed by atoms with Crippen molar-refractivity contribution in [3.63, 3.8) is 0 Å². The van der Waals surface area contributed by atoms with Crippen LogP contribution in [0.25, 0.3) is 0 Å². The van der Waals surface area contributed by atoms with Gasteiger partial charge < -0.3 is 10.6 Å². The third-order valence-electron chi connectivity index (χ3n) is 2.83. The van der Waals surface area contributed by atoms with Gasteiger partial charge in [-0.2, -0.15) is 5.10 Å². The van der Waals surface area contributed by atoms with Gasteiger partial charge in [-0.05, 0) is 38.1 Å². The number of anilines is 2. The number of nitrogens with zero attached hydrogens (tertiary/aromatic N) is 1. The molecule has 2 rings (SSSR count). The Morgan fingerprint density at radius 3 is 2.25 bits per heavy atom. The Labute approximate surface area is 116 Å². The number of aromatic nitrogens is 2. The van der Waals surface area contributed by atoms with Crippen LogP contribution < -0.4 is 10.6 Å². The SMILES string of the molecule is CC(=O)Nc1ccc(C(=O)Nc2c(C)n[nH]c2C)cc1. The molecular formula is C14H16N4O2. The largest absolute Gasteiger partial charge is 0.326 e. The number of nitrogens with one attached hydrogen (secondary N) is 3. The van der Waals surface area contributed by atoms with Crippen molar-refractivity contribution in [3.8, 4) is 0 Å². The fraction of sp³-hybridized carbons (Fsp3) is 0.214. The summed E-state index contributed by atoms with van der Waals surface area (Å²) < 4.78 is 0. The zero-order chi connectivity index (χ0) is 14.7. The van der Waals surface area contributed by atoms with Gasteiger partial charge >= 0.3 is 0 Å². The summed E-state index contributed by atoms with van der Waals surface area (Å²) in [6.07, 6.45) is 0. The number of aryl methyl sites for hydroxylation is 2. The predicted octanol–water partition coefficient (Wildman–Crippen LogP) is 2.24. The number of benzene rings is 1. The topological polar surface area (TPSA) is 86.9 Å². The molecule has 0 saturated heterocycles. The van der Waals surface area contributed by atoms with E-state index in [4.69, 9.17) is 0 Å². The maximum atomic E-state index is 12.1. The molecule has 6 heteroatoms. The van der Waals surface area contributed by atoms with E-state index in [9.17, 15) is 9.59 Å². The van der Waals surface area contributed by atoms with Gasteiger partial charge in [0.1, 0.15) is 0 Å². The Kier molecular flexibility index (Phi) is 3.84. The Balaban J connectivity index is 2.12. The van der Waals surface area contributed by atoms with Gasteiger partial charge in [-0.15, -0.1) is 0 Å². The molecule has 104 valence electrons. The number of amides is 2. The van der Waals surface area contributed by atoms with Gasteiger partial charge in [-0.1, -0.05) is 0 Å². The molecular weight excluding hydrogens is 256 g/mol. The lowest BCUT2D eigenvalue weighted by molar-refractivity contribution is -0.114. The van der Waals surface area contributed by atoms with Gasteiger partial charge in [0.25, 0.3) is 5.91 Å². The molecule has 20 heavy (non-hydrogen) atoms. The molecule has 0 unspecified atom stereocenters. The van der Waals surface area contributed by atoms with Gasteiger partial charge in [0, 0.05) is 18.2 Å². The molecule has 2 amide bonds. The first-order valence-electron chi connectivity index (χ1n) is 6.18. The van der Waals surface area contributed by atoms with Crippen molar-refractivity contribution in [3.05, 3.63) is 41.2 Å². The molecule has 1 heterocycles. The second-order valence-corrected chi connectivity index (χ2v) is 4.52. The molecule has 0 aliphatic heterocycles. The van der Waals surface area contributed by atoms with Crippen molar-refractivity contribution in [2.75, 3.05) is 10.6 Å². The summed E-state index contributed by atoms with van der Waals surface area (Å²) in [6, 6.07) is 6.69. The molecule has 0 fully saturated rings. The summed E-state index contributed by atoms with van der Waals surface area (Å²) >= 11 is 0.